The lowest BCUT2D eigenvalue weighted by atomic mass is 10.0. The van der Waals surface area contributed by atoms with Crippen LogP contribution < -0.4 is 19.3 Å². The third-order valence-electron chi connectivity index (χ3n) is 7.62. The predicted molar refractivity (Wildman–Crippen MR) is 171 cm³/mol. The molecule has 0 atom stereocenters. The molecule has 0 amide bonds. The van der Waals surface area contributed by atoms with Crippen LogP contribution in [0, 0.1) is 13.8 Å². The molecule has 0 fully saturated rings. The summed E-state index contributed by atoms with van der Waals surface area (Å²) in [4.78, 5) is 8.85. The van der Waals surface area contributed by atoms with Gasteiger partial charge in [-0.25, -0.2) is 9.67 Å². The Kier molecular flexibility index (Phi) is 6.75. The molecule has 1 aliphatic rings. The summed E-state index contributed by atoms with van der Waals surface area (Å²) >= 11 is 0. The third-order valence-corrected chi connectivity index (χ3v) is 7.62. The monoisotopic (exact) mass is 565 g/mol. The van der Waals surface area contributed by atoms with Gasteiger partial charge in [-0.15, -0.1) is 0 Å². The molecule has 2 aromatic heterocycles. The second kappa shape index (κ2) is 11.0. The Morgan fingerprint density at radius 1 is 0.651 bits per heavy atom. The fourth-order valence-electron chi connectivity index (χ4n) is 5.69. The van der Waals surface area contributed by atoms with Gasteiger partial charge in [0.1, 0.15) is 17.2 Å². The third kappa shape index (κ3) is 5.17. The van der Waals surface area contributed by atoms with Gasteiger partial charge in [0, 0.05) is 48.4 Å². The van der Waals surface area contributed by atoms with Crippen LogP contribution in [-0.2, 0) is 0 Å². The van der Waals surface area contributed by atoms with Crippen LogP contribution in [0.25, 0.3) is 16.8 Å². The summed E-state index contributed by atoms with van der Waals surface area (Å²) in [6.07, 6.45) is 1.71. The van der Waals surface area contributed by atoms with E-state index in [0.29, 0.717) is 17.4 Å². The maximum absolute atomic E-state index is 6.54. The first-order valence-corrected chi connectivity index (χ1v) is 14.2. The molecule has 0 N–H and O–H groups in total. The number of hydrogen-bond donors (Lipinski definition) is 0. The highest BCUT2D eigenvalue weighted by atomic mass is 16.5. The number of rotatable bonds is 7. The van der Waals surface area contributed by atoms with Crippen LogP contribution in [0.2, 0.25) is 0 Å². The number of nitrogens with zero attached hydrogens (tertiary/aromatic N) is 5. The van der Waals surface area contributed by atoms with Crippen molar-refractivity contribution in [2.24, 2.45) is 0 Å². The highest BCUT2D eigenvalue weighted by molar-refractivity contribution is 5.85. The van der Waals surface area contributed by atoms with Gasteiger partial charge in [-0.3, -0.25) is 0 Å². The molecule has 1 aliphatic heterocycles. The average Bonchev–Trinajstić information content (AvgIpc) is 3.53. The van der Waals surface area contributed by atoms with Gasteiger partial charge in [-0.2, -0.15) is 5.10 Å². The molecule has 0 saturated heterocycles. The Bertz CT molecular complexity index is 1900. The lowest BCUT2D eigenvalue weighted by molar-refractivity contribution is 0.449. The van der Waals surface area contributed by atoms with Crippen LogP contribution in [0.5, 0.6) is 23.1 Å². The summed E-state index contributed by atoms with van der Waals surface area (Å²) in [5.41, 5.74) is 8.57. The molecule has 3 heterocycles. The number of fused-ring (bicyclic) bond motifs is 1. The first-order valence-electron chi connectivity index (χ1n) is 14.2. The smallest absolute Gasteiger partial charge is 0.219 e. The normalized spacial score (nSPS) is 12.3. The molecule has 4 aromatic carbocycles. The van der Waals surface area contributed by atoms with Crippen molar-refractivity contribution in [3.63, 3.8) is 0 Å². The number of aromatic nitrogens is 3. The number of anilines is 3. The van der Waals surface area contributed by atoms with E-state index in [4.69, 9.17) is 14.6 Å². The minimum absolute atomic E-state index is 0.530. The Balaban J connectivity index is 1.31. The van der Waals surface area contributed by atoms with Crippen molar-refractivity contribution in [2.45, 2.75) is 13.8 Å². The van der Waals surface area contributed by atoms with E-state index in [2.05, 4.69) is 90.3 Å². The molecule has 7 nitrogen and oxygen atoms in total. The summed E-state index contributed by atoms with van der Waals surface area (Å²) in [5, 5.41) is 4.93. The van der Waals surface area contributed by atoms with Crippen molar-refractivity contribution in [1.29, 1.82) is 0 Å². The second-order valence-corrected chi connectivity index (χ2v) is 10.6. The minimum atomic E-state index is 0.530. The second-order valence-electron chi connectivity index (χ2n) is 10.6. The molecule has 0 spiro atoms. The zero-order chi connectivity index (χ0) is 29.3. The summed E-state index contributed by atoms with van der Waals surface area (Å²) in [6, 6.07) is 38.3. The van der Waals surface area contributed by atoms with Gasteiger partial charge in [0.25, 0.3) is 0 Å². The Labute approximate surface area is 251 Å². The van der Waals surface area contributed by atoms with E-state index < -0.39 is 0 Å². The van der Waals surface area contributed by atoms with Crippen LogP contribution in [0.4, 0.5) is 17.1 Å². The van der Waals surface area contributed by atoms with Gasteiger partial charge in [0.2, 0.25) is 5.88 Å². The van der Waals surface area contributed by atoms with E-state index in [1.807, 2.05) is 65.3 Å². The summed E-state index contributed by atoms with van der Waals surface area (Å²) in [7, 11) is 2.12. The van der Waals surface area contributed by atoms with E-state index in [1.54, 1.807) is 6.20 Å². The molecule has 43 heavy (non-hydrogen) atoms. The SMILES string of the molecule is Cc1nn(-c2ccccc2)c(C)c1-c1cc(Oc2cccc(Oc3ccccn3)c2)cc(N2CN(C)c3ccccc32)c1. The van der Waals surface area contributed by atoms with Gasteiger partial charge in [-0.1, -0.05) is 42.5 Å². The standard InChI is InChI=1S/C36H31N5O2/c1-25-36(26(2)41(38-25)28-12-5-4-6-13-28)27-20-29(40-24-39(3)33-16-7-8-17-34(33)40)22-32(21-27)42-30-14-11-15-31(23-30)43-35-18-9-10-19-37-35/h4-23H,24H2,1-3H3. The lowest BCUT2D eigenvalue weighted by Gasteiger charge is -2.22. The van der Waals surface area contributed by atoms with Gasteiger partial charge in [0.05, 0.1) is 29.4 Å². The highest BCUT2D eigenvalue weighted by Gasteiger charge is 2.26. The zero-order valence-electron chi connectivity index (χ0n) is 24.3. The molecule has 0 saturated carbocycles. The van der Waals surface area contributed by atoms with Crippen LogP contribution in [0.15, 0.2) is 121 Å². The molecule has 7 heteroatoms. The number of para-hydroxylation sites is 3. The van der Waals surface area contributed by atoms with Crippen LogP contribution >= 0.6 is 0 Å². The molecule has 0 radical (unpaired) electrons. The van der Waals surface area contributed by atoms with Crippen LogP contribution in [0.1, 0.15) is 11.4 Å². The van der Waals surface area contributed by atoms with Crippen molar-refractivity contribution in [2.75, 3.05) is 23.5 Å². The molecule has 0 unspecified atom stereocenters. The zero-order valence-corrected chi connectivity index (χ0v) is 24.3. The van der Waals surface area contributed by atoms with Gasteiger partial charge >= 0.3 is 0 Å². The summed E-state index contributed by atoms with van der Waals surface area (Å²) in [6.45, 7) is 4.91. The maximum atomic E-state index is 6.54. The van der Waals surface area contributed by atoms with Crippen LogP contribution in [0.3, 0.4) is 0 Å². The van der Waals surface area contributed by atoms with Crippen molar-refractivity contribution in [3.05, 3.63) is 133 Å². The Hall–Kier alpha value is -5.56. The van der Waals surface area contributed by atoms with E-state index in [0.717, 1.165) is 52.0 Å². The van der Waals surface area contributed by atoms with Crippen molar-refractivity contribution in [3.8, 4) is 39.9 Å². The largest absolute Gasteiger partial charge is 0.457 e. The Morgan fingerprint density at radius 3 is 2.19 bits per heavy atom. The van der Waals surface area contributed by atoms with E-state index >= 15 is 0 Å². The molecular weight excluding hydrogens is 534 g/mol. The van der Waals surface area contributed by atoms with E-state index in [1.165, 1.54) is 5.69 Å². The summed E-state index contributed by atoms with van der Waals surface area (Å²) in [5.74, 6) is 2.57. The molecule has 7 rings (SSSR count). The maximum Gasteiger partial charge on any atom is 0.219 e. The topological polar surface area (TPSA) is 55.7 Å². The fraction of sp³-hybridized carbons (Fsp3) is 0.111. The predicted octanol–water partition coefficient (Wildman–Crippen LogP) is 8.68. The van der Waals surface area contributed by atoms with Crippen LogP contribution in [-0.4, -0.2) is 28.5 Å². The fourth-order valence-corrected chi connectivity index (χ4v) is 5.69. The molecule has 0 bridgehead atoms. The number of ether oxygens (including phenoxy) is 2. The van der Waals surface area contributed by atoms with Gasteiger partial charge in [-0.05, 0) is 74.0 Å². The highest BCUT2D eigenvalue weighted by Crippen LogP contribution is 2.43. The summed E-state index contributed by atoms with van der Waals surface area (Å²) < 4.78 is 14.5. The molecule has 6 aromatic rings. The number of pyridine rings is 1. The van der Waals surface area contributed by atoms with Crippen molar-refractivity contribution >= 4 is 17.1 Å². The van der Waals surface area contributed by atoms with Crippen molar-refractivity contribution < 1.29 is 9.47 Å². The van der Waals surface area contributed by atoms with Gasteiger partial charge in [0.15, 0.2) is 0 Å². The van der Waals surface area contributed by atoms with Crippen molar-refractivity contribution in [1.82, 2.24) is 14.8 Å². The quantitative estimate of drug-likeness (QED) is 0.193. The Morgan fingerprint density at radius 2 is 1.40 bits per heavy atom. The van der Waals surface area contributed by atoms with Gasteiger partial charge < -0.3 is 19.3 Å². The number of aryl methyl sites for hydroxylation is 1. The number of benzene rings is 4. The lowest BCUT2D eigenvalue weighted by Crippen LogP contribution is -2.24. The molecule has 212 valence electrons. The first-order chi connectivity index (χ1) is 21.0. The molecule has 0 aliphatic carbocycles. The van der Waals surface area contributed by atoms with E-state index in [9.17, 15) is 0 Å². The minimum Gasteiger partial charge on any atom is -0.457 e. The average molecular weight is 566 g/mol. The molecular formula is C36H31N5O2. The number of hydrogen-bond acceptors (Lipinski definition) is 6. The van der Waals surface area contributed by atoms with E-state index in [-0.39, 0.29) is 0 Å². The first kappa shape index (κ1) is 26.3.